The summed E-state index contributed by atoms with van der Waals surface area (Å²) in [5, 5.41) is 10.5. The van der Waals surface area contributed by atoms with Gasteiger partial charge in [-0.05, 0) is 39.9 Å². The number of thiophene rings is 1. The summed E-state index contributed by atoms with van der Waals surface area (Å²) in [5.74, 6) is 0.745. The van der Waals surface area contributed by atoms with Crippen molar-refractivity contribution >= 4 is 47.2 Å². The van der Waals surface area contributed by atoms with E-state index in [4.69, 9.17) is 0 Å². The summed E-state index contributed by atoms with van der Waals surface area (Å²) in [6.45, 7) is 2.43. The Balaban J connectivity index is 0.00000225. The SMILES string of the molecule is CN=C(NCC(=O)N1CCc2ccccc2C1)NCc1ccsc1.I. The van der Waals surface area contributed by atoms with E-state index in [9.17, 15) is 4.79 Å². The first-order valence-corrected chi connectivity index (χ1v) is 9.00. The molecule has 0 atom stereocenters. The van der Waals surface area contributed by atoms with Gasteiger partial charge in [0.05, 0.1) is 6.54 Å². The van der Waals surface area contributed by atoms with Crippen molar-refractivity contribution in [2.45, 2.75) is 19.5 Å². The molecule has 1 aromatic heterocycles. The number of rotatable bonds is 4. The standard InChI is InChI=1S/C18H22N4OS.HI/c1-19-18(20-10-14-7-9-24-13-14)21-11-17(23)22-8-6-15-4-2-3-5-16(15)12-22;/h2-5,7,9,13H,6,8,10-12H2,1H3,(H2,19,20,21);1H. The first-order chi connectivity index (χ1) is 11.8. The van der Waals surface area contributed by atoms with Crippen LogP contribution in [0.4, 0.5) is 0 Å². The average Bonchev–Trinajstić information content (AvgIpc) is 3.14. The molecular formula is C18H23IN4OS. The second-order valence-electron chi connectivity index (χ2n) is 5.74. The number of nitrogens with one attached hydrogen (secondary N) is 2. The van der Waals surface area contributed by atoms with Crippen LogP contribution in [0.3, 0.4) is 0 Å². The van der Waals surface area contributed by atoms with Gasteiger partial charge in [0.2, 0.25) is 5.91 Å². The van der Waals surface area contributed by atoms with E-state index in [0.717, 1.165) is 13.0 Å². The van der Waals surface area contributed by atoms with Crippen molar-refractivity contribution in [2.24, 2.45) is 4.99 Å². The van der Waals surface area contributed by atoms with E-state index in [1.807, 2.05) is 16.3 Å². The Morgan fingerprint density at radius 1 is 1.24 bits per heavy atom. The smallest absolute Gasteiger partial charge is 0.242 e. The molecule has 0 saturated carbocycles. The second kappa shape index (κ2) is 9.76. The van der Waals surface area contributed by atoms with E-state index in [1.54, 1.807) is 18.4 Å². The van der Waals surface area contributed by atoms with Crippen LogP contribution in [0, 0.1) is 0 Å². The molecule has 5 nitrogen and oxygen atoms in total. The fourth-order valence-electron chi connectivity index (χ4n) is 2.78. The Labute approximate surface area is 169 Å². The predicted molar refractivity (Wildman–Crippen MR) is 113 cm³/mol. The number of guanidine groups is 1. The lowest BCUT2D eigenvalue weighted by Gasteiger charge is -2.29. The molecule has 1 aliphatic rings. The Morgan fingerprint density at radius 3 is 2.76 bits per heavy atom. The van der Waals surface area contributed by atoms with Crippen molar-refractivity contribution in [3.8, 4) is 0 Å². The summed E-state index contributed by atoms with van der Waals surface area (Å²) in [4.78, 5) is 18.5. The molecule has 0 bridgehead atoms. The molecule has 2 N–H and O–H groups in total. The summed E-state index contributed by atoms with van der Waals surface area (Å²) in [5.41, 5.74) is 3.81. The van der Waals surface area contributed by atoms with Crippen LogP contribution in [0.5, 0.6) is 0 Å². The Bertz CT molecular complexity index is 718. The molecule has 0 fully saturated rings. The predicted octanol–water partition coefficient (Wildman–Crippen LogP) is 2.62. The van der Waals surface area contributed by atoms with Crippen LogP contribution in [0.25, 0.3) is 0 Å². The molecule has 25 heavy (non-hydrogen) atoms. The van der Waals surface area contributed by atoms with Gasteiger partial charge in [-0.3, -0.25) is 9.79 Å². The topological polar surface area (TPSA) is 56.7 Å². The van der Waals surface area contributed by atoms with Gasteiger partial charge in [-0.1, -0.05) is 24.3 Å². The number of nitrogens with zero attached hydrogens (tertiary/aromatic N) is 2. The summed E-state index contributed by atoms with van der Waals surface area (Å²) < 4.78 is 0. The Morgan fingerprint density at radius 2 is 2.04 bits per heavy atom. The zero-order valence-corrected chi connectivity index (χ0v) is 17.3. The third-order valence-corrected chi connectivity index (χ3v) is 4.89. The molecular weight excluding hydrogens is 447 g/mol. The van der Waals surface area contributed by atoms with E-state index in [2.05, 4.69) is 45.3 Å². The van der Waals surface area contributed by atoms with Crippen molar-refractivity contribution in [3.63, 3.8) is 0 Å². The molecule has 2 heterocycles. The molecule has 3 rings (SSSR count). The molecule has 0 spiro atoms. The third kappa shape index (κ3) is 5.43. The van der Waals surface area contributed by atoms with Crippen LogP contribution in [-0.2, 0) is 24.3 Å². The van der Waals surface area contributed by atoms with Crippen LogP contribution in [0.2, 0.25) is 0 Å². The lowest BCUT2D eigenvalue weighted by molar-refractivity contribution is -0.130. The van der Waals surface area contributed by atoms with Crippen molar-refractivity contribution in [2.75, 3.05) is 20.1 Å². The highest BCUT2D eigenvalue weighted by atomic mass is 127. The number of halogens is 1. The maximum atomic E-state index is 12.4. The van der Waals surface area contributed by atoms with Crippen LogP contribution in [0.1, 0.15) is 16.7 Å². The van der Waals surface area contributed by atoms with Gasteiger partial charge >= 0.3 is 0 Å². The van der Waals surface area contributed by atoms with Crippen LogP contribution in [0.15, 0.2) is 46.1 Å². The van der Waals surface area contributed by atoms with Crippen molar-refractivity contribution < 1.29 is 4.79 Å². The van der Waals surface area contributed by atoms with Crippen LogP contribution in [-0.4, -0.2) is 36.9 Å². The highest BCUT2D eigenvalue weighted by Gasteiger charge is 2.20. The lowest BCUT2D eigenvalue weighted by Crippen LogP contribution is -2.45. The van der Waals surface area contributed by atoms with Gasteiger partial charge in [-0.15, -0.1) is 24.0 Å². The number of aliphatic imine (C=N–C) groups is 1. The minimum Gasteiger partial charge on any atom is -0.352 e. The fraction of sp³-hybridized carbons (Fsp3) is 0.333. The molecule has 1 aromatic carbocycles. The molecule has 0 aliphatic carbocycles. The monoisotopic (exact) mass is 470 g/mol. The zero-order valence-electron chi connectivity index (χ0n) is 14.2. The van der Waals surface area contributed by atoms with Crippen molar-refractivity contribution in [3.05, 3.63) is 57.8 Å². The molecule has 0 unspecified atom stereocenters. The van der Waals surface area contributed by atoms with E-state index in [0.29, 0.717) is 19.0 Å². The van der Waals surface area contributed by atoms with Gasteiger partial charge in [-0.25, -0.2) is 0 Å². The summed E-state index contributed by atoms with van der Waals surface area (Å²) >= 11 is 1.67. The Kier molecular flexibility index (Phi) is 7.70. The summed E-state index contributed by atoms with van der Waals surface area (Å²) in [7, 11) is 1.71. The van der Waals surface area contributed by atoms with E-state index in [-0.39, 0.29) is 36.4 Å². The number of carbonyl (C=O) groups is 1. The van der Waals surface area contributed by atoms with E-state index in [1.165, 1.54) is 16.7 Å². The van der Waals surface area contributed by atoms with Gasteiger partial charge in [0.25, 0.3) is 0 Å². The molecule has 2 aromatic rings. The highest BCUT2D eigenvalue weighted by Crippen LogP contribution is 2.18. The quantitative estimate of drug-likeness (QED) is 0.411. The first kappa shape index (κ1) is 19.7. The first-order valence-electron chi connectivity index (χ1n) is 8.06. The van der Waals surface area contributed by atoms with Crippen LogP contribution >= 0.6 is 35.3 Å². The maximum Gasteiger partial charge on any atom is 0.242 e. The van der Waals surface area contributed by atoms with Crippen molar-refractivity contribution in [1.82, 2.24) is 15.5 Å². The highest BCUT2D eigenvalue weighted by molar-refractivity contribution is 14.0. The fourth-order valence-corrected chi connectivity index (χ4v) is 3.45. The Hall–Kier alpha value is -1.61. The summed E-state index contributed by atoms with van der Waals surface area (Å²) in [6, 6.07) is 10.4. The summed E-state index contributed by atoms with van der Waals surface area (Å²) in [6.07, 6.45) is 0.924. The molecule has 0 saturated heterocycles. The van der Waals surface area contributed by atoms with E-state index < -0.39 is 0 Å². The number of carbonyl (C=O) groups excluding carboxylic acids is 1. The normalized spacial score (nSPS) is 13.6. The number of benzene rings is 1. The lowest BCUT2D eigenvalue weighted by atomic mass is 10.00. The largest absolute Gasteiger partial charge is 0.352 e. The molecule has 7 heteroatoms. The van der Waals surface area contributed by atoms with Gasteiger partial charge in [0.1, 0.15) is 0 Å². The van der Waals surface area contributed by atoms with Gasteiger partial charge in [-0.2, -0.15) is 11.3 Å². The minimum absolute atomic E-state index is 0. The molecule has 1 amide bonds. The number of fused-ring (bicyclic) bond motifs is 1. The second-order valence-corrected chi connectivity index (χ2v) is 6.52. The molecule has 0 radical (unpaired) electrons. The van der Waals surface area contributed by atoms with E-state index >= 15 is 0 Å². The number of amides is 1. The number of hydrogen-bond acceptors (Lipinski definition) is 3. The maximum absolute atomic E-state index is 12.4. The average molecular weight is 470 g/mol. The van der Waals surface area contributed by atoms with Gasteiger partial charge < -0.3 is 15.5 Å². The number of hydrogen-bond donors (Lipinski definition) is 2. The van der Waals surface area contributed by atoms with Crippen LogP contribution < -0.4 is 10.6 Å². The zero-order chi connectivity index (χ0) is 16.8. The molecule has 134 valence electrons. The van der Waals surface area contributed by atoms with Crippen molar-refractivity contribution in [1.29, 1.82) is 0 Å². The minimum atomic E-state index is 0. The molecule has 1 aliphatic heterocycles. The van der Waals surface area contributed by atoms with Gasteiger partial charge in [0.15, 0.2) is 5.96 Å². The third-order valence-electron chi connectivity index (χ3n) is 4.15. The van der Waals surface area contributed by atoms with Gasteiger partial charge in [0, 0.05) is 26.7 Å².